The van der Waals surface area contributed by atoms with Gasteiger partial charge in [0, 0.05) is 30.4 Å². The van der Waals surface area contributed by atoms with E-state index in [4.69, 9.17) is 4.74 Å². The topological polar surface area (TPSA) is 87.7 Å². The van der Waals surface area contributed by atoms with Crippen molar-refractivity contribution < 1.29 is 17.9 Å². The normalized spacial score (nSPS) is 15.5. The summed E-state index contributed by atoms with van der Waals surface area (Å²) in [5.41, 5.74) is 4.56. The van der Waals surface area contributed by atoms with Crippen molar-refractivity contribution in [3.63, 3.8) is 0 Å². The van der Waals surface area contributed by atoms with E-state index in [2.05, 4.69) is 39.2 Å². The minimum atomic E-state index is -3.65. The summed E-state index contributed by atoms with van der Waals surface area (Å²) < 4.78 is 33.2. The molecule has 2 N–H and O–H groups in total. The minimum Gasteiger partial charge on any atom is -0.495 e. The van der Waals surface area contributed by atoms with E-state index < -0.39 is 10.0 Å². The molecular formula is C26H27N3O4S. The number of hydrogen-bond acceptors (Lipinski definition) is 5. The molecule has 5 rings (SSSR count). The fraction of sp³-hybridized carbons (Fsp3) is 0.269. The highest BCUT2D eigenvalue weighted by molar-refractivity contribution is 7.89. The molecule has 0 atom stereocenters. The first-order valence-electron chi connectivity index (χ1n) is 11.4. The van der Waals surface area contributed by atoms with Crippen LogP contribution in [-0.2, 0) is 23.0 Å². The lowest BCUT2D eigenvalue weighted by Crippen LogP contribution is -2.30. The summed E-state index contributed by atoms with van der Waals surface area (Å²) in [4.78, 5) is 15.3. The Balaban J connectivity index is 1.31. The standard InChI is InChI=1S/C26H27N3O4S/c1-33-25-13-12-23(34(31,32)28-21-8-9-21)16-24(25)27-26(30)19-6-10-22(11-7-19)29-15-14-18-4-2-3-5-20(18)17-29/h2-7,10-13,16,21,28H,8-9,14-15,17H2,1H3,(H,27,30). The van der Waals surface area contributed by atoms with E-state index in [1.165, 1.54) is 30.4 Å². The summed E-state index contributed by atoms with van der Waals surface area (Å²) in [5, 5.41) is 2.80. The van der Waals surface area contributed by atoms with Gasteiger partial charge in [0.2, 0.25) is 10.0 Å². The minimum absolute atomic E-state index is 0.00274. The van der Waals surface area contributed by atoms with Crippen LogP contribution in [-0.4, -0.2) is 34.0 Å². The average Bonchev–Trinajstić information content (AvgIpc) is 3.67. The number of amides is 1. The van der Waals surface area contributed by atoms with Gasteiger partial charge >= 0.3 is 0 Å². The molecule has 0 spiro atoms. The van der Waals surface area contributed by atoms with E-state index in [-0.39, 0.29) is 16.8 Å². The molecule has 3 aromatic carbocycles. The number of carbonyl (C=O) groups is 1. The van der Waals surface area contributed by atoms with Gasteiger partial charge in [-0.15, -0.1) is 0 Å². The summed E-state index contributed by atoms with van der Waals surface area (Å²) in [5.74, 6) is 0.0564. The van der Waals surface area contributed by atoms with Crippen LogP contribution in [0.15, 0.2) is 71.6 Å². The maximum atomic E-state index is 12.9. The number of ether oxygens (including phenoxy) is 1. The molecule has 3 aromatic rings. The number of nitrogens with zero attached hydrogens (tertiary/aromatic N) is 1. The van der Waals surface area contributed by atoms with E-state index in [9.17, 15) is 13.2 Å². The molecule has 0 saturated heterocycles. The zero-order valence-corrected chi connectivity index (χ0v) is 19.8. The zero-order valence-electron chi connectivity index (χ0n) is 19.0. The largest absolute Gasteiger partial charge is 0.495 e. The average molecular weight is 478 g/mol. The SMILES string of the molecule is COc1ccc(S(=O)(=O)NC2CC2)cc1NC(=O)c1ccc(N2CCc3ccccc3C2)cc1. The van der Waals surface area contributed by atoms with Crippen LogP contribution >= 0.6 is 0 Å². The maximum Gasteiger partial charge on any atom is 0.255 e. The number of anilines is 2. The number of carbonyl (C=O) groups excluding carboxylic acids is 1. The number of methoxy groups -OCH3 is 1. The van der Waals surface area contributed by atoms with Crippen molar-refractivity contribution in [2.45, 2.75) is 36.7 Å². The number of nitrogens with one attached hydrogen (secondary N) is 2. The second kappa shape index (κ2) is 9.12. The highest BCUT2D eigenvalue weighted by Gasteiger charge is 2.28. The van der Waals surface area contributed by atoms with Crippen molar-refractivity contribution in [1.29, 1.82) is 0 Å². The highest BCUT2D eigenvalue weighted by atomic mass is 32.2. The van der Waals surface area contributed by atoms with Crippen LogP contribution in [0.2, 0.25) is 0 Å². The molecular weight excluding hydrogens is 450 g/mol. The molecule has 0 unspecified atom stereocenters. The molecule has 0 bridgehead atoms. The van der Waals surface area contributed by atoms with Crippen molar-refractivity contribution in [1.82, 2.24) is 4.72 Å². The molecule has 1 saturated carbocycles. The van der Waals surface area contributed by atoms with Gasteiger partial charge in [-0.1, -0.05) is 24.3 Å². The number of rotatable bonds is 7. The van der Waals surface area contributed by atoms with E-state index >= 15 is 0 Å². The fourth-order valence-electron chi connectivity index (χ4n) is 4.17. The summed E-state index contributed by atoms with van der Waals surface area (Å²) >= 11 is 0. The van der Waals surface area contributed by atoms with Crippen molar-refractivity contribution in [3.8, 4) is 5.75 Å². The van der Waals surface area contributed by atoms with Gasteiger partial charge in [0.05, 0.1) is 17.7 Å². The maximum absolute atomic E-state index is 12.9. The third-order valence-corrected chi connectivity index (χ3v) is 7.77. The van der Waals surface area contributed by atoms with E-state index in [1.807, 2.05) is 12.1 Å². The summed E-state index contributed by atoms with van der Waals surface area (Å²) in [6.45, 7) is 1.77. The molecule has 7 nitrogen and oxygen atoms in total. The highest BCUT2D eigenvalue weighted by Crippen LogP contribution is 2.30. The second-order valence-electron chi connectivity index (χ2n) is 8.70. The molecule has 1 aliphatic carbocycles. The predicted molar refractivity (Wildman–Crippen MR) is 132 cm³/mol. The van der Waals surface area contributed by atoms with Crippen molar-refractivity contribution in [2.24, 2.45) is 0 Å². The van der Waals surface area contributed by atoms with Gasteiger partial charge in [-0.3, -0.25) is 4.79 Å². The van der Waals surface area contributed by atoms with Crippen LogP contribution in [0.5, 0.6) is 5.75 Å². The first kappa shape index (κ1) is 22.4. The smallest absolute Gasteiger partial charge is 0.255 e. The Morgan fingerprint density at radius 1 is 1.00 bits per heavy atom. The molecule has 1 aliphatic heterocycles. The quantitative estimate of drug-likeness (QED) is 0.538. The van der Waals surface area contributed by atoms with Crippen molar-refractivity contribution in [2.75, 3.05) is 23.9 Å². The molecule has 0 radical (unpaired) electrons. The Bertz CT molecular complexity index is 1320. The Kier molecular flexibility index (Phi) is 6.02. The molecule has 1 heterocycles. The molecule has 0 aromatic heterocycles. The molecule has 176 valence electrons. The van der Waals surface area contributed by atoms with Crippen molar-refractivity contribution >= 4 is 27.3 Å². The number of sulfonamides is 1. The Labute approximate surface area is 199 Å². The van der Waals surface area contributed by atoms with Gasteiger partial charge < -0.3 is 15.0 Å². The van der Waals surface area contributed by atoms with Crippen molar-refractivity contribution in [3.05, 3.63) is 83.4 Å². The predicted octanol–water partition coefficient (Wildman–Crippen LogP) is 3.95. The third kappa shape index (κ3) is 4.78. The lowest BCUT2D eigenvalue weighted by molar-refractivity contribution is 0.102. The number of hydrogen-bond donors (Lipinski definition) is 2. The Morgan fingerprint density at radius 2 is 1.74 bits per heavy atom. The molecule has 8 heteroatoms. The lowest BCUT2D eigenvalue weighted by atomic mass is 9.99. The monoisotopic (exact) mass is 477 g/mol. The first-order valence-corrected chi connectivity index (χ1v) is 12.8. The van der Waals surface area contributed by atoms with Gasteiger partial charge in [-0.25, -0.2) is 13.1 Å². The molecule has 34 heavy (non-hydrogen) atoms. The first-order chi connectivity index (χ1) is 16.4. The number of benzene rings is 3. The Morgan fingerprint density at radius 3 is 2.44 bits per heavy atom. The fourth-order valence-corrected chi connectivity index (χ4v) is 5.51. The van der Waals surface area contributed by atoms with Crippen LogP contribution < -0.4 is 19.7 Å². The van der Waals surface area contributed by atoms with Gasteiger partial charge in [0.25, 0.3) is 5.91 Å². The van der Waals surface area contributed by atoms with Crippen LogP contribution in [0.4, 0.5) is 11.4 Å². The van der Waals surface area contributed by atoms with Gasteiger partial charge in [-0.05, 0) is 72.9 Å². The zero-order chi connectivity index (χ0) is 23.7. The van der Waals surface area contributed by atoms with E-state index in [0.717, 1.165) is 38.0 Å². The molecule has 2 aliphatic rings. The van der Waals surface area contributed by atoms with Crippen LogP contribution in [0.3, 0.4) is 0 Å². The third-order valence-electron chi connectivity index (χ3n) is 6.25. The molecule has 1 fully saturated rings. The van der Waals surface area contributed by atoms with Crippen LogP contribution in [0.25, 0.3) is 0 Å². The lowest BCUT2D eigenvalue weighted by Gasteiger charge is -2.30. The van der Waals surface area contributed by atoms with Crippen LogP contribution in [0, 0.1) is 0 Å². The summed E-state index contributed by atoms with van der Waals surface area (Å²) in [6, 6.07) is 20.4. The van der Waals surface area contributed by atoms with Gasteiger partial charge in [0.15, 0.2) is 0 Å². The summed E-state index contributed by atoms with van der Waals surface area (Å²) in [6.07, 6.45) is 2.69. The van der Waals surface area contributed by atoms with E-state index in [0.29, 0.717) is 17.0 Å². The van der Waals surface area contributed by atoms with E-state index in [1.54, 1.807) is 18.2 Å². The Hall–Kier alpha value is -3.36. The van der Waals surface area contributed by atoms with Gasteiger partial charge in [-0.2, -0.15) is 0 Å². The number of fused-ring (bicyclic) bond motifs is 1. The second-order valence-corrected chi connectivity index (χ2v) is 10.4. The van der Waals surface area contributed by atoms with Gasteiger partial charge in [0.1, 0.15) is 5.75 Å². The summed E-state index contributed by atoms with van der Waals surface area (Å²) in [7, 11) is -2.17. The van der Waals surface area contributed by atoms with Crippen LogP contribution in [0.1, 0.15) is 34.3 Å². The molecule has 1 amide bonds.